The van der Waals surface area contributed by atoms with Gasteiger partial charge in [0.15, 0.2) is 11.5 Å². The number of hydrogen-bond donors (Lipinski definition) is 0. The van der Waals surface area contributed by atoms with Crippen LogP contribution in [0.4, 0.5) is 0 Å². The maximum Gasteiger partial charge on any atom is 0.231 e. The molecule has 6 nitrogen and oxygen atoms in total. The summed E-state index contributed by atoms with van der Waals surface area (Å²) in [7, 11) is 0. The molecular formula is C15H22O6. The van der Waals surface area contributed by atoms with Gasteiger partial charge in [0.1, 0.15) is 6.61 Å². The summed E-state index contributed by atoms with van der Waals surface area (Å²) in [6.45, 7) is 6.20. The lowest BCUT2D eigenvalue weighted by molar-refractivity contribution is 0.0112. The van der Waals surface area contributed by atoms with E-state index in [1.165, 1.54) is 0 Å². The Kier molecular flexibility index (Phi) is 7.14. The monoisotopic (exact) mass is 298 g/mol. The fourth-order valence-electron chi connectivity index (χ4n) is 1.81. The van der Waals surface area contributed by atoms with E-state index in [1.54, 1.807) is 0 Å². The molecule has 0 radical (unpaired) electrons. The third-order valence-corrected chi connectivity index (χ3v) is 2.79. The second-order valence-corrected chi connectivity index (χ2v) is 4.26. The van der Waals surface area contributed by atoms with Crippen LogP contribution in [0.1, 0.15) is 6.92 Å². The molecule has 0 bridgehead atoms. The molecule has 2 rings (SSSR count). The van der Waals surface area contributed by atoms with Crippen LogP contribution in [0.5, 0.6) is 17.2 Å². The smallest absolute Gasteiger partial charge is 0.231 e. The molecule has 0 unspecified atom stereocenters. The molecule has 1 aliphatic rings. The summed E-state index contributed by atoms with van der Waals surface area (Å²) in [5.41, 5.74) is 0. The first-order valence-electron chi connectivity index (χ1n) is 7.16. The summed E-state index contributed by atoms with van der Waals surface area (Å²) < 4.78 is 32.2. The Balaban J connectivity index is 1.50. The average molecular weight is 298 g/mol. The van der Waals surface area contributed by atoms with Crippen molar-refractivity contribution in [3.8, 4) is 17.2 Å². The van der Waals surface area contributed by atoms with Crippen molar-refractivity contribution in [3.63, 3.8) is 0 Å². The van der Waals surface area contributed by atoms with E-state index in [2.05, 4.69) is 0 Å². The Morgan fingerprint density at radius 2 is 1.62 bits per heavy atom. The molecule has 0 spiro atoms. The van der Waals surface area contributed by atoms with Gasteiger partial charge in [0.25, 0.3) is 0 Å². The van der Waals surface area contributed by atoms with Gasteiger partial charge in [-0.2, -0.15) is 0 Å². The lowest BCUT2D eigenvalue weighted by Crippen LogP contribution is -2.12. The maximum absolute atomic E-state index is 5.62. The molecule has 21 heavy (non-hydrogen) atoms. The van der Waals surface area contributed by atoms with E-state index in [4.69, 9.17) is 28.4 Å². The van der Waals surface area contributed by atoms with Gasteiger partial charge in [-0.3, -0.25) is 0 Å². The number of para-hydroxylation sites is 1. The summed E-state index contributed by atoms with van der Waals surface area (Å²) in [6.07, 6.45) is 0. The van der Waals surface area contributed by atoms with Gasteiger partial charge in [-0.25, -0.2) is 0 Å². The van der Waals surface area contributed by atoms with Crippen LogP contribution in [0, 0.1) is 0 Å². The molecule has 1 aromatic rings. The van der Waals surface area contributed by atoms with Crippen molar-refractivity contribution in [2.75, 3.05) is 53.0 Å². The molecule has 0 N–H and O–H groups in total. The zero-order valence-electron chi connectivity index (χ0n) is 12.3. The van der Waals surface area contributed by atoms with E-state index in [0.29, 0.717) is 51.1 Å². The summed E-state index contributed by atoms with van der Waals surface area (Å²) in [5.74, 6) is 2.06. The maximum atomic E-state index is 5.62. The van der Waals surface area contributed by atoms with Gasteiger partial charge in [0, 0.05) is 6.61 Å². The number of rotatable bonds is 11. The van der Waals surface area contributed by atoms with Crippen molar-refractivity contribution in [2.24, 2.45) is 0 Å². The third kappa shape index (κ3) is 5.41. The minimum Gasteiger partial charge on any atom is -0.487 e. The van der Waals surface area contributed by atoms with Gasteiger partial charge in [0.2, 0.25) is 12.5 Å². The lowest BCUT2D eigenvalue weighted by atomic mass is 10.3. The first-order valence-corrected chi connectivity index (χ1v) is 7.16. The molecule has 0 saturated carbocycles. The van der Waals surface area contributed by atoms with Crippen LogP contribution in [0.15, 0.2) is 18.2 Å². The highest BCUT2D eigenvalue weighted by Crippen LogP contribution is 2.40. The van der Waals surface area contributed by atoms with Crippen molar-refractivity contribution in [2.45, 2.75) is 6.92 Å². The number of benzene rings is 1. The van der Waals surface area contributed by atoms with Crippen LogP contribution >= 0.6 is 0 Å². The van der Waals surface area contributed by atoms with E-state index in [0.717, 1.165) is 12.4 Å². The number of fused-ring (bicyclic) bond motifs is 1. The Bertz CT molecular complexity index is 409. The molecule has 0 atom stereocenters. The number of hydrogen-bond acceptors (Lipinski definition) is 6. The molecule has 1 aliphatic heterocycles. The van der Waals surface area contributed by atoms with Crippen LogP contribution in [0.25, 0.3) is 0 Å². The standard InChI is InChI=1S/C15H22O6/c1-2-16-6-7-17-8-9-18-10-11-19-13-4-3-5-14-15(13)21-12-20-14/h3-5H,2,6-12H2,1H3. The fraction of sp³-hybridized carbons (Fsp3) is 0.600. The van der Waals surface area contributed by atoms with E-state index in [9.17, 15) is 0 Å². The highest BCUT2D eigenvalue weighted by Gasteiger charge is 2.17. The molecule has 0 aromatic heterocycles. The first-order chi connectivity index (χ1) is 10.4. The van der Waals surface area contributed by atoms with Crippen LogP contribution < -0.4 is 14.2 Å². The van der Waals surface area contributed by atoms with Crippen molar-refractivity contribution in [1.29, 1.82) is 0 Å². The largest absolute Gasteiger partial charge is 0.487 e. The summed E-state index contributed by atoms with van der Waals surface area (Å²) in [5, 5.41) is 0. The first kappa shape index (κ1) is 15.9. The molecule has 118 valence electrons. The van der Waals surface area contributed by atoms with Crippen molar-refractivity contribution in [1.82, 2.24) is 0 Å². The van der Waals surface area contributed by atoms with E-state index in [-0.39, 0.29) is 6.79 Å². The van der Waals surface area contributed by atoms with Crippen LogP contribution in [0.3, 0.4) is 0 Å². The van der Waals surface area contributed by atoms with Gasteiger partial charge in [0.05, 0.1) is 33.0 Å². The highest BCUT2D eigenvalue weighted by molar-refractivity contribution is 5.52. The SMILES string of the molecule is CCOCCOCCOCCOc1cccc2c1OCO2. The van der Waals surface area contributed by atoms with E-state index >= 15 is 0 Å². The van der Waals surface area contributed by atoms with E-state index in [1.807, 2.05) is 25.1 Å². The predicted octanol–water partition coefficient (Wildman–Crippen LogP) is 1.86. The highest BCUT2D eigenvalue weighted by atomic mass is 16.7. The normalized spacial score (nSPS) is 12.6. The lowest BCUT2D eigenvalue weighted by Gasteiger charge is -2.09. The topological polar surface area (TPSA) is 55.4 Å². The third-order valence-electron chi connectivity index (χ3n) is 2.79. The second-order valence-electron chi connectivity index (χ2n) is 4.26. The van der Waals surface area contributed by atoms with Crippen molar-refractivity contribution in [3.05, 3.63) is 18.2 Å². The van der Waals surface area contributed by atoms with E-state index < -0.39 is 0 Å². The van der Waals surface area contributed by atoms with Gasteiger partial charge >= 0.3 is 0 Å². The molecule has 1 aromatic carbocycles. The average Bonchev–Trinajstić information content (AvgIpc) is 2.98. The van der Waals surface area contributed by atoms with Crippen molar-refractivity contribution < 1.29 is 28.4 Å². The molecule has 0 fully saturated rings. The van der Waals surface area contributed by atoms with Crippen LogP contribution in [0.2, 0.25) is 0 Å². The summed E-state index contributed by atoms with van der Waals surface area (Å²) >= 11 is 0. The Labute approximate surface area is 124 Å². The molecule has 0 aliphatic carbocycles. The molecule has 0 saturated heterocycles. The summed E-state index contributed by atoms with van der Waals surface area (Å²) in [4.78, 5) is 0. The zero-order valence-corrected chi connectivity index (χ0v) is 12.3. The van der Waals surface area contributed by atoms with Gasteiger partial charge in [-0.05, 0) is 19.1 Å². The van der Waals surface area contributed by atoms with Gasteiger partial charge in [-0.15, -0.1) is 0 Å². The van der Waals surface area contributed by atoms with Gasteiger partial charge in [-0.1, -0.05) is 6.07 Å². The minimum absolute atomic E-state index is 0.241. The molecular weight excluding hydrogens is 276 g/mol. The summed E-state index contributed by atoms with van der Waals surface area (Å²) in [6, 6.07) is 5.57. The second kappa shape index (κ2) is 9.44. The molecule has 0 amide bonds. The van der Waals surface area contributed by atoms with Crippen LogP contribution in [-0.4, -0.2) is 53.0 Å². The molecule has 1 heterocycles. The molecule has 6 heteroatoms. The minimum atomic E-state index is 0.241. The number of ether oxygens (including phenoxy) is 6. The van der Waals surface area contributed by atoms with Crippen molar-refractivity contribution >= 4 is 0 Å². The quantitative estimate of drug-likeness (QED) is 0.581. The Morgan fingerprint density at radius 1 is 0.905 bits per heavy atom. The zero-order chi connectivity index (χ0) is 14.8. The Morgan fingerprint density at radius 3 is 2.38 bits per heavy atom. The van der Waals surface area contributed by atoms with Crippen LogP contribution in [-0.2, 0) is 14.2 Å². The predicted molar refractivity (Wildman–Crippen MR) is 76.2 cm³/mol. The van der Waals surface area contributed by atoms with Gasteiger partial charge < -0.3 is 28.4 Å². The Hall–Kier alpha value is -1.50. The fourth-order valence-corrected chi connectivity index (χ4v) is 1.81.